The van der Waals surface area contributed by atoms with E-state index in [9.17, 15) is 4.79 Å². The Hall–Kier alpha value is -2.40. The van der Waals surface area contributed by atoms with Gasteiger partial charge in [0.1, 0.15) is 11.5 Å². The van der Waals surface area contributed by atoms with Gasteiger partial charge in [0.05, 0.1) is 31.2 Å². The summed E-state index contributed by atoms with van der Waals surface area (Å²) in [4.78, 5) is 12.4. The molecule has 3 N–H and O–H groups in total. The van der Waals surface area contributed by atoms with Crippen LogP contribution in [0.1, 0.15) is 10.4 Å². The third-order valence-electron chi connectivity index (χ3n) is 2.91. The Bertz CT molecular complexity index is 674. The Morgan fingerprint density at radius 2 is 1.90 bits per heavy atom. The first-order valence-electron chi connectivity index (χ1n) is 6.13. The zero-order chi connectivity index (χ0) is 15.4. The van der Waals surface area contributed by atoms with Gasteiger partial charge in [0.15, 0.2) is 0 Å². The second kappa shape index (κ2) is 6.37. The van der Waals surface area contributed by atoms with E-state index in [2.05, 4.69) is 5.32 Å². The lowest BCUT2D eigenvalue weighted by Crippen LogP contribution is -2.14. The summed E-state index contributed by atoms with van der Waals surface area (Å²) in [6.07, 6.45) is 0. The van der Waals surface area contributed by atoms with Gasteiger partial charge in [-0.05, 0) is 30.3 Å². The smallest absolute Gasteiger partial charge is 0.259 e. The molecular formula is C15H15ClN2O3. The van der Waals surface area contributed by atoms with Crippen molar-refractivity contribution in [2.24, 2.45) is 0 Å². The molecule has 0 fully saturated rings. The Kier molecular flexibility index (Phi) is 4.55. The van der Waals surface area contributed by atoms with Crippen molar-refractivity contribution in [2.45, 2.75) is 0 Å². The molecule has 0 bridgehead atoms. The van der Waals surface area contributed by atoms with Crippen LogP contribution >= 0.6 is 11.6 Å². The zero-order valence-corrected chi connectivity index (χ0v) is 12.4. The van der Waals surface area contributed by atoms with Crippen LogP contribution in [0.4, 0.5) is 11.4 Å². The van der Waals surface area contributed by atoms with E-state index in [0.717, 1.165) is 0 Å². The van der Waals surface area contributed by atoms with Gasteiger partial charge >= 0.3 is 0 Å². The van der Waals surface area contributed by atoms with E-state index in [4.69, 9.17) is 26.8 Å². The number of carbonyl (C=O) groups is 1. The Morgan fingerprint density at radius 3 is 2.57 bits per heavy atom. The molecule has 0 aliphatic rings. The molecule has 2 aromatic rings. The first-order valence-corrected chi connectivity index (χ1v) is 6.51. The van der Waals surface area contributed by atoms with Gasteiger partial charge in [0.2, 0.25) is 0 Å². The molecule has 0 saturated carbocycles. The van der Waals surface area contributed by atoms with Crippen molar-refractivity contribution in [2.75, 3.05) is 25.3 Å². The lowest BCUT2D eigenvalue weighted by atomic mass is 10.1. The molecule has 0 unspecified atom stereocenters. The third-order valence-corrected chi connectivity index (χ3v) is 3.15. The molecule has 0 radical (unpaired) electrons. The number of nitrogens with two attached hydrogens (primary N) is 1. The van der Waals surface area contributed by atoms with E-state index in [1.54, 1.807) is 30.3 Å². The Balaban J connectivity index is 2.32. The molecule has 1 amide bonds. The van der Waals surface area contributed by atoms with E-state index in [1.165, 1.54) is 20.3 Å². The monoisotopic (exact) mass is 306 g/mol. The fourth-order valence-electron chi connectivity index (χ4n) is 1.82. The minimum absolute atomic E-state index is 0.326. The van der Waals surface area contributed by atoms with Crippen LogP contribution in [0, 0.1) is 0 Å². The van der Waals surface area contributed by atoms with Crippen molar-refractivity contribution in [3.63, 3.8) is 0 Å². The third kappa shape index (κ3) is 3.38. The fraction of sp³-hybridized carbons (Fsp3) is 0.133. The number of hydrogen-bond acceptors (Lipinski definition) is 4. The van der Waals surface area contributed by atoms with Gasteiger partial charge in [0, 0.05) is 11.1 Å². The molecule has 2 aromatic carbocycles. The molecule has 0 spiro atoms. The van der Waals surface area contributed by atoms with Crippen molar-refractivity contribution in [3.8, 4) is 11.5 Å². The molecular weight excluding hydrogens is 292 g/mol. The molecule has 2 rings (SSSR count). The fourth-order valence-corrected chi connectivity index (χ4v) is 1.99. The van der Waals surface area contributed by atoms with Gasteiger partial charge in [-0.3, -0.25) is 4.79 Å². The summed E-state index contributed by atoms with van der Waals surface area (Å²) in [6.45, 7) is 0. The van der Waals surface area contributed by atoms with Crippen LogP contribution in [-0.2, 0) is 0 Å². The predicted molar refractivity (Wildman–Crippen MR) is 83.4 cm³/mol. The topological polar surface area (TPSA) is 73.6 Å². The largest absolute Gasteiger partial charge is 0.497 e. The standard InChI is InChI=1S/C15H15ClN2O3/c1-20-10-4-5-12(17)13(8-10)18-15(19)11-7-9(16)3-6-14(11)21-2/h3-8H,17H2,1-2H3,(H,18,19). The normalized spacial score (nSPS) is 10.0. The number of rotatable bonds is 4. The predicted octanol–water partition coefficient (Wildman–Crippen LogP) is 3.19. The van der Waals surface area contributed by atoms with Crippen molar-refractivity contribution in [1.29, 1.82) is 0 Å². The highest BCUT2D eigenvalue weighted by molar-refractivity contribution is 6.31. The summed E-state index contributed by atoms with van der Waals surface area (Å²) in [5, 5.41) is 3.16. The second-order valence-corrected chi connectivity index (χ2v) is 4.69. The van der Waals surface area contributed by atoms with Crippen LogP contribution in [-0.4, -0.2) is 20.1 Å². The van der Waals surface area contributed by atoms with Gasteiger partial charge in [-0.25, -0.2) is 0 Å². The number of methoxy groups -OCH3 is 2. The van der Waals surface area contributed by atoms with Crippen LogP contribution < -0.4 is 20.5 Å². The maximum absolute atomic E-state index is 12.4. The maximum Gasteiger partial charge on any atom is 0.259 e. The van der Waals surface area contributed by atoms with Crippen molar-refractivity contribution >= 4 is 28.9 Å². The average Bonchev–Trinajstić information content (AvgIpc) is 2.49. The number of ether oxygens (including phenoxy) is 2. The first kappa shape index (κ1) is 15.0. The van der Waals surface area contributed by atoms with Crippen LogP contribution in [0.25, 0.3) is 0 Å². The van der Waals surface area contributed by atoms with Crippen molar-refractivity contribution in [1.82, 2.24) is 0 Å². The van der Waals surface area contributed by atoms with E-state index in [-0.39, 0.29) is 5.91 Å². The highest BCUT2D eigenvalue weighted by Crippen LogP contribution is 2.27. The van der Waals surface area contributed by atoms with Gasteiger partial charge < -0.3 is 20.5 Å². The number of nitrogen functional groups attached to an aromatic ring is 1. The van der Waals surface area contributed by atoms with Gasteiger partial charge in [-0.15, -0.1) is 0 Å². The van der Waals surface area contributed by atoms with Crippen LogP contribution in [0.2, 0.25) is 5.02 Å². The summed E-state index contributed by atoms with van der Waals surface area (Å²) >= 11 is 5.92. The summed E-state index contributed by atoms with van der Waals surface area (Å²) in [5.41, 5.74) is 7.06. The first-order chi connectivity index (χ1) is 10.0. The summed E-state index contributed by atoms with van der Waals surface area (Å²) in [6, 6.07) is 9.83. The molecule has 5 nitrogen and oxygen atoms in total. The molecule has 0 heterocycles. The number of carbonyl (C=O) groups excluding carboxylic acids is 1. The molecule has 110 valence electrons. The number of anilines is 2. The van der Waals surface area contributed by atoms with Gasteiger partial charge in [-0.1, -0.05) is 11.6 Å². The lowest BCUT2D eigenvalue weighted by molar-refractivity contribution is 0.102. The maximum atomic E-state index is 12.4. The van der Waals surface area contributed by atoms with E-state index in [1.807, 2.05) is 0 Å². The second-order valence-electron chi connectivity index (χ2n) is 4.25. The summed E-state index contributed by atoms with van der Waals surface area (Å²) in [7, 11) is 3.02. The molecule has 0 aromatic heterocycles. The summed E-state index contributed by atoms with van der Waals surface area (Å²) < 4.78 is 10.3. The van der Waals surface area contributed by atoms with Gasteiger partial charge in [0.25, 0.3) is 5.91 Å². The molecule has 6 heteroatoms. The van der Waals surface area contributed by atoms with Crippen LogP contribution in [0.15, 0.2) is 36.4 Å². The molecule has 0 saturated heterocycles. The lowest BCUT2D eigenvalue weighted by Gasteiger charge is -2.12. The number of hydrogen-bond donors (Lipinski definition) is 2. The van der Waals surface area contributed by atoms with E-state index in [0.29, 0.717) is 33.5 Å². The van der Waals surface area contributed by atoms with Crippen LogP contribution in [0.5, 0.6) is 11.5 Å². The number of nitrogens with one attached hydrogen (secondary N) is 1. The number of amides is 1. The molecule has 0 aliphatic heterocycles. The minimum atomic E-state index is -0.366. The van der Waals surface area contributed by atoms with E-state index >= 15 is 0 Å². The van der Waals surface area contributed by atoms with E-state index < -0.39 is 0 Å². The summed E-state index contributed by atoms with van der Waals surface area (Å²) in [5.74, 6) is 0.658. The number of halogens is 1. The highest BCUT2D eigenvalue weighted by Gasteiger charge is 2.14. The SMILES string of the molecule is COc1ccc(N)c(NC(=O)c2cc(Cl)ccc2OC)c1. The zero-order valence-electron chi connectivity index (χ0n) is 11.6. The Labute approximate surface area is 127 Å². The number of benzene rings is 2. The molecule has 0 aliphatic carbocycles. The van der Waals surface area contributed by atoms with Crippen molar-refractivity contribution < 1.29 is 14.3 Å². The van der Waals surface area contributed by atoms with Crippen molar-refractivity contribution in [3.05, 3.63) is 47.0 Å². The van der Waals surface area contributed by atoms with Gasteiger partial charge in [-0.2, -0.15) is 0 Å². The molecule has 21 heavy (non-hydrogen) atoms. The Morgan fingerprint density at radius 1 is 1.14 bits per heavy atom. The van der Waals surface area contributed by atoms with Crippen LogP contribution in [0.3, 0.4) is 0 Å². The average molecular weight is 307 g/mol. The minimum Gasteiger partial charge on any atom is -0.497 e. The molecule has 0 atom stereocenters. The quantitative estimate of drug-likeness (QED) is 0.851. The highest BCUT2D eigenvalue weighted by atomic mass is 35.5.